The molecule has 0 aliphatic heterocycles. The Balaban J connectivity index is 2.16. The van der Waals surface area contributed by atoms with E-state index in [9.17, 15) is 14.0 Å². The summed E-state index contributed by atoms with van der Waals surface area (Å²) in [5, 5.41) is 2.67. The summed E-state index contributed by atoms with van der Waals surface area (Å²) >= 11 is 0. The topological polar surface area (TPSA) is 55.4 Å². The highest BCUT2D eigenvalue weighted by Gasteiger charge is 2.20. The molecule has 1 N–H and O–H groups in total. The highest BCUT2D eigenvalue weighted by Crippen LogP contribution is 2.19. The molecule has 2 aromatic rings. The van der Waals surface area contributed by atoms with Crippen molar-refractivity contribution in [3.63, 3.8) is 0 Å². The van der Waals surface area contributed by atoms with E-state index >= 15 is 0 Å². The smallest absolute Gasteiger partial charge is 0.337 e. The van der Waals surface area contributed by atoms with Crippen molar-refractivity contribution in [3.05, 3.63) is 65.0 Å². The van der Waals surface area contributed by atoms with Gasteiger partial charge in [-0.3, -0.25) is 4.79 Å². The fourth-order valence-corrected chi connectivity index (χ4v) is 2.71. The predicted octanol–water partition coefficient (Wildman–Crippen LogP) is 4.52. The minimum Gasteiger partial charge on any atom is -0.465 e. The molecule has 0 saturated carbocycles. The molecule has 0 fully saturated rings. The van der Waals surface area contributed by atoms with Crippen LogP contribution in [0.5, 0.6) is 0 Å². The zero-order chi connectivity index (χ0) is 20.5. The van der Waals surface area contributed by atoms with Crippen LogP contribution < -0.4 is 5.32 Å². The molecule has 0 heterocycles. The van der Waals surface area contributed by atoms with Crippen molar-refractivity contribution in [2.45, 2.75) is 33.1 Å². The maximum atomic E-state index is 14.1. The lowest BCUT2D eigenvalue weighted by Crippen LogP contribution is -2.25. The molecule has 1 amide bonds. The number of halogens is 1. The van der Waals surface area contributed by atoms with Gasteiger partial charge >= 0.3 is 5.97 Å². The van der Waals surface area contributed by atoms with Crippen LogP contribution >= 0.6 is 0 Å². The van der Waals surface area contributed by atoms with Crippen molar-refractivity contribution in [2.24, 2.45) is 5.92 Å². The number of hydrogen-bond acceptors (Lipinski definition) is 3. The molecule has 0 spiro atoms. The normalized spacial score (nSPS) is 11.1. The summed E-state index contributed by atoms with van der Waals surface area (Å²) in [7, 11) is 1.33. The Bertz CT molecular complexity index is 894. The van der Waals surface area contributed by atoms with Gasteiger partial charge in [0.25, 0.3) is 0 Å². The van der Waals surface area contributed by atoms with Gasteiger partial charge in [-0.1, -0.05) is 25.1 Å². The second kappa shape index (κ2) is 10.3. The van der Waals surface area contributed by atoms with Gasteiger partial charge < -0.3 is 10.1 Å². The monoisotopic (exact) mass is 381 g/mol. The first-order valence-electron chi connectivity index (χ1n) is 9.14. The molecule has 0 radical (unpaired) electrons. The molecule has 146 valence electrons. The number of carbonyl (C=O) groups is 2. The average molecular weight is 381 g/mol. The maximum absolute atomic E-state index is 14.1. The first-order valence-corrected chi connectivity index (χ1v) is 9.14. The SMILES string of the molecule is CCC#CCC(Cc1ccc(C(=O)OC)cc1)C(=O)Nc1ccc(C)cc1F. The molecular weight excluding hydrogens is 357 g/mol. The van der Waals surface area contributed by atoms with Crippen LogP contribution in [0.3, 0.4) is 0 Å². The number of methoxy groups -OCH3 is 1. The molecule has 1 atom stereocenters. The van der Waals surface area contributed by atoms with E-state index in [-0.39, 0.29) is 11.6 Å². The van der Waals surface area contributed by atoms with Crippen molar-refractivity contribution in [1.82, 2.24) is 0 Å². The van der Waals surface area contributed by atoms with Crippen molar-refractivity contribution in [3.8, 4) is 11.8 Å². The van der Waals surface area contributed by atoms with Crippen LogP contribution in [0, 0.1) is 30.5 Å². The Hall–Kier alpha value is -3.13. The number of carbonyl (C=O) groups excluding carboxylic acids is 2. The number of nitrogens with one attached hydrogen (secondary N) is 1. The van der Waals surface area contributed by atoms with E-state index in [1.54, 1.807) is 43.3 Å². The molecule has 1 unspecified atom stereocenters. The van der Waals surface area contributed by atoms with E-state index in [1.165, 1.54) is 13.2 Å². The van der Waals surface area contributed by atoms with E-state index < -0.39 is 17.7 Å². The van der Waals surface area contributed by atoms with E-state index in [1.807, 2.05) is 6.92 Å². The number of esters is 1. The van der Waals surface area contributed by atoms with Gasteiger partial charge in [-0.25, -0.2) is 9.18 Å². The Morgan fingerprint density at radius 1 is 1.14 bits per heavy atom. The summed E-state index contributed by atoms with van der Waals surface area (Å²) in [6.07, 6.45) is 1.50. The third-order valence-electron chi connectivity index (χ3n) is 4.26. The summed E-state index contributed by atoms with van der Waals surface area (Å²) in [5.74, 6) is 4.37. The Morgan fingerprint density at radius 3 is 2.46 bits per heavy atom. The summed E-state index contributed by atoms with van der Waals surface area (Å²) < 4.78 is 18.8. The fraction of sp³-hybridized carbons (Fsp3) is 0.304. The number of amides is 1. The summed E-state index contributed by atoms with van der Waals surface area (Å²) in [4.78, 5) is 24.3. The summed E-state index contributed by atoms with van der Waals surface area (Å²) in [5.41, 5.74) is 2.27. The quantitative estimate of drug-likeness (QED) is 0.591. The van der Waals surface area contributed by atoms with Gasteiger partial charge in [0.1, 0.15) is 5.82 Å². The summed E-state index contributed by atoms with van der Waals surface area (Å²) in [6.45, 7) is 3.73. The molecule has 2 aromatic carbocycles. The second-order valence-corrected chi connectivity index (χ2v) is 6.47. The number of aryl methyl sites for hydroxylation is 1. The fourth-order valence-electron chi connectivity index (χ4n) is 2.71. The molecule has 28 heavy (non-hydrogen) atoms. The molecule has 4 nitrogen and oxygen atoms in total. The number of benzene rings is 2. The molecular formula is C23H24FNO3. The maximum Gasteiger partial charge on any atom is 0.337 e. The minimum absolute atomic E-state index is 0.157. The van der Waals surface area contributed by atoms with E-state index in [0.29, 0.717) is 24.8 Å². The molecule has 0 aliphatic carbocycles. The van der Waals surface area contributed by atoms with Crippen LogP contribution in [0.15, 0.2) is 42.5 Å². The van der Waals surface area contributed by atoms with Crippen molar-refractivity contribution >= 4 is 17.6 Å². The molecule has 0 aliphatic rings. The van der Waals surface area contributed by atoms with E-state index in [2.05, 4.69) is 17.2 Å². The van der Waals surface area contributed by atoms with Gasteiger partial charge in [0, 0.05) is 12.8 Å². The minimum atomic E-state index is -0.464. The standard InChI is InChI=1S/C23H24FNO3/c1-4-5-6-7-19(15-17-9-11-18(12-10-17)23(27)28-3)22(26)25-21-13-8-16(2)14-20(21)24/h8-14,19H,4,7,15H2,1-3H3,(H,25,26). The van der Waals surface area contributed by atoms with Crippen molar-refractivity contribution in [1.29, 1.82) is 0 Å². The van der Waals surface area contributed by atoms with Crippen LogP contribution in [-0.4, -0.2) is 19.0 Å². The first kappa shape index (κ1) is 21.2. The van der Waals surface area contributed by atoms with Crippen LogP contribution in [0.25, 0.3) is 0 Å². The van der Waals surface area contributed by atoms with Crippen LogP contribution in [-0.2, 0) is 16.0 Å². The van der Waals surface area contributed by atoms with Crippen LogP contribution in [0.2, 0.25) is 0 Å². The number of anilines is 1. The Labute approximate surface area is 165 Å². The first-order chi connectivity index (χ1) is 13.4. The van der Waals surface area contributed by atoms with Gasteiger partial charge in [-0.2, -0.15) is 0 Å². The third kappa shape index (κ3) is 5.95. The highest BCUT2D eigenvalue weighted by atomic mass is 19.1. The molecule has 0 aromatic heterocycles. The highest BCUT2D eigenvalue weighted by molar-refractivity contribution is 5.93. The van der Waals surface area contributed by atoms with Crippen LogP contribution in [0.4, 0.5) is 10.1 Å². The van der Waals surface area contributed by atoms with E-state index in [0.717, 1.165) is 11.1 Å². The molecule has 5 heteroatoms. The van der Waals surface area contributed by atoms with E-state index in [4.69, 9.17) is 4.74 Å². The number of rotatable bonds is 6. The average Bonchev–Trinajstić information content (AvgIpc) is 2.69. The zero-order valence-corrected chi connectivity index (χ0v) is 16.3. The Morgan fingerprint density at radius 2 is 1.86 bits per heavy atom. The molecule has 0 bridgehead atoms. The molecule has 2 rings (SSSR count). The third-order valence-corrected chi connectivity index (χ3v) is 4.26. The lowest BCUT2D eigenvalue weighted by molar-refractivity contribution is -0.119. The lowest BCUT2D eigenvalue weighted by atomic mass is 9.94. The largest absolute Gasteiger partial charge is 0.465 e. The Kier molecular flexibility index (Phi) is 7.76. The van der Waals surface area contributed by atoms with Crippen molar-refractivity contribution in [2.75, 3.05) is 12.4 Å². The van der Waals surface area contributed by atoms with Crippen LogP contribution in [0.1, 0.15) is 41.3 Å². The number of ether oxygens (including phenoxy) is 1. The van der Waals surface area contributed by atoms with Gasteiger partial charge in [0.05, 0.1) is 24.3 Å². The van der Waals surface area contributed by atoms with Gasteiger partial charge in [0.15, 0.2) is 0 Å². The van der Waals surface area contributed by atoms with Gasteiger partial charge in [-0.15, -0.1) is 11.8 Å². The predicted molar refractivity (Wildman–Crippen MR) is 107 cm³/mol. The van der Waals surface area contributed by atoms with Gasteiger partial charge in [-0.05, 0) is 48.7 Å². The lowest BCUT2D eigenvalue weighted by Gasteiger charge is -2.15. The second-order valence-electron chi connectivity index (χ2n) is 6.47. The molecule has 0 saturated heterocycles. The van der Waals surface area contributed by atoms with Crippen molar-refractivity contribution < 1.29 is 18.7 Å². The number of hydrogen-bond donors (Lipinski definition) is 1. The summed E-state index contributed by atoms with van der Waals surface area (Å²) in [6, 6.07) is 11.6. The van der Waals surface area contributed by atoms with Gasteiger partial charge in [0.2, 0.25) is 5.91 Å². The zero-order valence-electron chi connectivity index (χ0n) is 16.3.